The lowest BCUT2D eigenvalue weighted by Crippen LogP contribution is -2.41. The van der Waals surface area contributed by atoms with Crippen LogP contribution in [0.5, 0.6) is 0 Å². The van der Waals surface area contributed by atoms with Crippen LogP contribution in [0.25, 0.3) is 21.7 Å². The van der Waals surface area contributed by atoms with Crippen LogP contribution in [0.1, 0.15) is 31.2 Å². The topological polar surface area (TPSA) is 112 Å². The quantitative estimate of drug-likeness (QED) is 0.461. The van der Waals surface area contributed by atoms with Crippen molar-refractivity contribution in [3.8, 4) is 6.07 Å². The van der Waals surface area contributed by atoms with Crippen molar-refractivity contribution in [2.24, 2.45) is 17.8 Å². The summed E-state index contributed by atoms with van der Waals surface area (Å²) in [6.45, 7) is 0. The highest BCUT2D eigenvalue weighted by molar-refractivity contribution is 6.06. The lowest BCUT2D eigenvalue weighted by molar-refractivity contribution is -0.126. The van der Waals surface area contributed by atoms with Crippen LogP contribution in [0.3, 0.4) is 0 Å². The number of nitrogens with one attached hydrogen (secondary N) is 2. The molecule has 6 heteroatoms. The Balaban J connectivity index is 1.39. The van der Waals surface area contributed by atoms with E-state index in [-0.39, 0.29) is 17.4 Å². The highest BCUT2D eigenvalue weighted by Crippen LogP contribution is 2.48. The van der Waals surface area contributed by atoms with Gasteiger partial charge in [0.05, 0.1) is 6.07 Å². The number of nitriles is 1. The average Bonchev–Trinajstić information content (AvgIpc) is 3.38. The second-order valence-corrected chi connectivity index (χ2v) is 8.81. The molecule has 1 aromatic heterocycles. The maximum Gasteiger partial charge on any atom is 0.256 e. The zero-order valence-corrected chi connectivity index (χ0v) is 16.7. The summed E-state index contributed by atoms with van der Waals surface area (Å²) < 4.78 is 0. The number of carbonyl (C=O) groups excluding carboxylic acids is 1. The molecule has 2 aliphatic carbocycles. The second kappa shape index (κ2) is 7.17. The van der Waals surface area contributed by atoms with E-state index in [0.717, 1.165) is 41.1 Å². The first-order valence-electron chi connectivity index (χ1n) is 10.6. The van der Waals surface area contributed by atoms with Gasteiger partial charge in [0.15, 0.2) is 0 Å². The van der Waals surface area contributed by atoms with Crippen LogP contribution in [0.4, 0.5) is 5.69 Å². The Morgan fingerprint density at radius 1 is 1.17 bits per heavy atom. The molecule has 4 atom stereocenters. The zero-order chi connectivity index (χ0) is 20.8. The van der Waals surface area contributed by atoms with Crippen LogP contribution in [-0.2, 0) is 11.2 Å². The average molecular weight is 400 g/mol. The van der Waals surface area contributed by atoms with Crippen LogP contribution in [0, 0.1) is 29.1 Å². The third-order valence-electron chi connectivity index (χ3n) is 6.90. The van der Waals surface area contributed by atoms with E-state index in [0.29, 0.717) is 29.3 Å². The predicted molar refractivity (Wildman–Crippen MR) is 117 cm³/mol. The molecule has 0 aliphatic heterocycles. The number of pyridine rings is 1. The van der Waals surface area contributed by atoms with Gasteiger partial charge in [0.2, 0.25) is 5.91 Å². The molecule has 2 aliphatic rings. The fourth-order valence-electron chi connectivity index (χ4n) is 5.43. The minimum Gasteiger partial charge on any atom is -0.399 e. The molecule has 152 valence electrons. The van der Waals surface area contributed by atoms with Gasteiger partial charge >= 0.3 is 0 Å². The summed E-state index contributed by atoms with van der Waals surface area (Å²) in [5.74, 6) is 1.22. The molecule has 2 saturated carbocycles. The maximum absolute atomic E-state index is 12.7. The number of nitrogens with zero attached hydrogens (tertiary/aromatic N) is 1. The minimum absolute atomic E-state index is 0.00820. The number of nitrogen functional groups attached to an aromatic ring is 1. The molecular weight excluding hydrogens is 376 g/mol. The molecule has 1 amide bonds. The Bertz CT molecular complexity index is 1260. The van der Waals surface area contributed by atoms with Crippen molar-refractivity contribution in [1.82, 2.24) is 10.3 Å². The largest absolute Gasteiger partial charge is 0.399 e. The molecule has 1 heterocycles. The molecule has 0 saturated heterocycles. The highest BCUT2D eigenvalue weighted by atomic mass is 16.2. The molecule has 2 aromatic carbocycles. The fraction of sp³-hybridized carbons (Fsp3) is 0.375. The van der Waals surface area contributed by atoms with Gasteiger partial charge in [-0.2, -0.15) is 5.26 Å². The molecule has 2 bridgehead atoms. The summed E-state index contributed by atoms with van der Waals surface area (Å²) >= 11 is 0. The van der Waals surface area contributed by atoms with Crippen molar-refractivity contribution in [2.75, 3.05) is 5.73 Å². The van der Waals surface area contributed by atoms with E-state index in [1.165, 1.54) is 6.42 Å². The summed E-state index contributed by atoms with van der Waals surface area (Å²) in [5, 5.41) is 14.8. The van der Waals surface area contributed by atoms with E-state index in [2.05, 4.69) is 16.4 Å². The number of nitrogens with two attached hydrogens (primary N) is 1. The first-order chi connectivity index (χ1) is 14.5. The number of hydrogen-bond acceptors (Lipinski definition) is 4. The Hall–Kier alpha value is -3.33. The molecule has 5 rings (SSSR count). The summed E-state index contributed by atoms with van der Waals surface area (Å²) in [6.07, 6.45) is 4.85. The summed E-state index contributed by atoms with van der Waals surface area (Å²) in [5.41, 5.74) is 7.96. The van der Waals surface area contributed by atoms with Crippen LogP contribution in [0.2, 0.25) is 0 Å². The van der Waals surface area contributed by atoms with Crippen molar-refractivity contribution < 1.29 is 4.79 Å². The van der Waals surface area contributed by atoms with Crippen molar-refractivity contribution >= 4 is 33.3 Å². The fourth-order valence-corrected chi connectivity index (χ4v) is 5.43. The van der Waals surface area contributed by atoms with Gasteiger partial charge in [-0.25, -0.2) is 0 Å². The number of anilines is 1. The Morgan fingerprint density at radius 2 is 2.03 bits per heavy atom. The smallest absolute Gasteiger partial charge is 0.256 e. The SMILES string of the molecule is N#CC(Cc1ccc2c(c1)c(=O)[nH]c1ccc(N)cc12)NC(=O)[C@H]1C[C@@H]2CC[C@H]1C2. The molecule has 2 fully saturated rings. The Labute approximate surface area is 174 Å². The summed E-state index contributed by atoms with van der Waals surface area (Å²) in [7, 11) is 0. The standard InChI is InChI=1S/C24H24N4O2/c25-12-17(27-23(29)19-9-13-1-3-15(19)7-13)8-14-2-5-18-20-11-16(26)4-6-22(20)28-24(30)21(18)10-14/h2,4-6,10-11,13,15,17,19H,1,3,7-9,26H2,(H,27,29)(H,28,30)/t13-,15+,17?,19+/m1/s1. The molecule has 30 heavy (non-hydrogen) atoms. The van der Waals surface area contributed by atoms with Gasteiger partial charge in [-0.15, -0.1) is 0 Å². The first-order valence-corrected chi connectivity index (χ1v) is 10.6. The van der Waals surface area contributed by atoms with E-state index < -0.39 is 6.04 Å². The van der Waals surface area contributed by atoms with E-state index >= 15 is 0 Å². The number of rotatable bonds is 4. The van der Waals surface area contributed by atoms with Crippen LogP contribution in [0.15, 0.2) is 41.2 Å². The van der Waals surface area contributed by atoms with Crippen LogP contribution in [-0.4, -0.2) is 16.9 Å². The van der Waals surface area contributed by atoms with Gasteiger partial charge < -0.3 is 16.0 Å². The van der Waals surface area contributed by atoms with Crippen molar-refractivity contribution in [3.05, 3.63) is 52.3 Å². The molecular formula is C24H24N4O2. The normalized spacial score (nSPS) is 23.5. The van der Waals surface area contributed by atoms with Gasteiger partial charge in [-0.05, 0) is 66.3 Å². The van der Waals surface area contributed by atoms with E-state index in [1.807, 2.05) is 24.3 Å². The number of carbonyl (C=O) groups is 1. The van der Waals surface area contributed by atoms with Crippen LogP contribution >= 0.6 is 0 Å². The molecule has 3 aromatic rings. The van der Waals surface area contributed by atoms with Crippen molar-refractivity contribution in [2.45, 2.75) is 38.1 Å². The number of hydrogen-bond donors (Lipinski definition) is 3. The zero-order valence-electron chi connectivity index (χ0n) is 16.7. The number of aromatic amines is 1. The third kappa shape index (κ3) is 3.21. The van der Waals surface area contributed by atoms with Gasteiger partial charge in [-0.1, -0.05) is 18.6 Å². The summed E-state index contributed by atoms with van der Waals surface area (Å²) in [6, 6.07) is 12.6. The summed E-state index contributed by atoms with van der Waals surface area (Å²) in [4.78, 5) is 28.2. The van der Waals surface area contributed by atoms with Crippen molar-refractivity contribution in [3.63, 3.8) is 0 Å². The Kier molecular flexibility index (Phi) is 4.47. The highest BCUT2D eigenvalue weighted by Gasteiger charge is 2.43. The monoisotopic (exact) mass is 400 g/mol. The molecule has 4 N–H and O–H groups in total. The van der Waals surface area contributed by atoms with E-state index in [1.54, 1.807) is 12.1 Å². The number of fused-ring (bicyclic) bond motifs is 5. The first kappa shape index (κ1) is 18.7. The van der Waals surface area contributed by atoms with Gasteiger partial charge in [-0.3, -0.25) is 9.59 Å². The number of aromatic nitrogens is 1. The number of amides is 1. The van der Waals surface area contributed by atoms with Gasteiger partial charge in [0, 0.05) is 34.3 Å². The minimum atomic E-state index is -0.607. The van der Waals surface area contributed by atoms with E-state index in [9.17, 15) is 14.9 Å². The lowest BCUT2D eigenvalue weighted by Gasteiger charge is -2.22. The van der Waals surface area contributed by atoms with Crippen LogP contribution < -0.4 is 16.6 Å². The number of benzene rings is 2. The Morgan fingerprint density at radius 3 is 2.77 bits per heavy atom. The lowest BCUT2D eigenvalue weighted by atomic mass is 9.88. The molecule has 0 radical (unpaired) electrons. The molecule has 1 unspecified atom stereocenters. The number of H-pyrrole nitrogens is 1. The second-order valence-electron chi connectivity index (χ2n) is 8.81. The third-order valence-corrected chi connectivity index (χ3v) is 6.90. The van der Waals surface area contributed by atoms with Crippen molar-refractivity contribution in [1.29, 1.82) is 5.26 Å². The van der Waals surface area contributed by atoms with E-state index in [4.69, 9.17) is 5.73 Å². The molecule has 6 nitrogen and oxygen atoms in total. The predicted octanol–water partition coefficient (Wildman–Crippen LogP) is 3.25. The molecule has 0 spiro atoms. The van der Waals surface area contributed by atoms with Gasteiger partial charge in [0.1, 0.15) is 6.04 Å². The maximum atomic E-state index is 12.7. The van der Waals surface area contributed by atoms with Gasteiger partial charge in [0.25, 0.3) is 5.56 Å².